The van der Waals surface area contributed by atoms with E-state index in [1.54, 1.807) is 12.1 Å². The number of hydrogen-bond acceptors (Lipinski definition) is 8. The van der Waals surface area contributed by atoms with E-state index >= 15 is 0 Å². The highest BCUT2D eigenvalue weighted by Crippen LogP contribution is 2.25. The molecule has 2 heterocycles. The van der Waals surface area contributed by atoms with Crippen molar-refractivity contribution in [1.82, 2.24) is 14.9 Å². The van der Waals surface area contributed by atoms with Crippen LogP contribution in [0.1, 0.15) is 35.9 Å². The number of nitrogens with zero attached hydrogens (tertiary/aromatic N) is 3. The van der Waals surface area contributed by atoms with Crippen molar-refractivity contribution in [2.24, 2.45) is 5.73 Å². The maximum absolute atomic E-state index is 12.0. The lowest BCUT2D eigenvalue weighted by atomic mass is 10.1. The van der Waals surface area contributed by atoms with Gasteiger partial charge in [-0.05, 0) is 57.6 Å². The fourth-order valence-corrected chi connectivity index (χ4v) is 4.05. The lowest BCUT2D eigenvalue weighted by Gasteiger charge is -2.30. The highest BCUT2D eigenvalue weighted by Gasteiger charge is 2.22. The Morgan fingerprint density at radius 1 is 1.23 bits per heavy atom. The monoisotopic (exact) mass is 432 g/mol. The summed E-state index contributed by atoms with van der Waals surface area (Å²) in [5, 5.41) is 6.48. The summed E-state index contributed by atoms with van der Waals surface area (Å²) in [6.45, 7) is 3.93. The first-order valence-corrected chi connectivity index (χ1v) is 11.8. The molecule has 0 spiro atoms. The van der Waals surface area contributed by atoms with Crippen LogP contribution in [0.15, 0.2) is 29.2 Å². The van der Waals surface area contributed by atoms with Crippen LogP contribution in [-0.2, 0) is 16.3 Å². The minimum Gasteiger partial charge on any atom is -0.366 e. The highest BCUT2D eigenvalue weighted by molar-refractivity contribution is 7.90. The number of sulfone groups is 1. The van der Waals surface area contributed by atoms with Crippen molar-refractivity contribution in [2.45, 2.75) is 37.1 Å². The van der Waals surface area contributed by atoms with Crippen LogP contribution < -0.4 is 16.4 Å². The summed E-state index contributed by atoms with van der Waals surface area (Å²) in [6, 6.07) is 6.57. The molecule has 9 nitrogen and oxygen atoms in total. The molecule has 3 rings (SSSR count). The molecule has 1 aliphatic rings. The predicted octanol–water partition coefficient (Wildman–Crippen LogP) is 1.79. The van der Waals surface area contributed by atoms with Gasteiger partial charge in [0.25, 0.3) is 5.91 Å². The van der Waals surface area contributed by atoms with Crippen LogP contribution in [0.25, 0.3) is 0 Å². The van der Waals surface area contributed by atoms with Crippen molar-refractivity contribution in [3.8, 4) is 0 Å². The van der Waals surface area contributed by atoms with Crippen molar-refractivity contribution < 1.29 is 13.2 Å². The zero-order valence-electron chi connectivity index (χ0n) is 17.5. The number of benzene rings is 1. The number of piperidine rings is 1. The molecule has 1 aliphatic heterocycles. The minimum atomic E-state index is -3.37. The zero-order chi connectivity index (χ0) is 21.9. The third-order valence-corrected chi connectivity index (χ3v) is 6.23. The van der Waals surface area contributed by atoms with Crippen LogP contribution >= 0.6 is 0 Å². The van der Waals surface area contributed by atoms with Gasteiger partial charge in [-0.2, -0.15) is 0 Å². The van der Waals surface area contributed by atoms with Gasteiger partial charge < -0.3 is 21.3 Å². The summed E-state index contributed by atoms with van der Waals surface area (Å²) in [4.78, 5) is 23.5. The second kappa shape index (κ2) is 8.97. The Bertz CT molecular complexity index is 1030. The normalized spacial score (nSPS) is 15.7. The number of aromatic nitrogens is 2. The molecule has 4 N–H and O–H groups in total. The van der Waals surface area contributed by atoms with Crippen LogP contribution in [0.5, 0.6) is 0 Å². The lowest BCUT2D eigenvalue weighted by molar-refractivity contribution is 0.0996. The molecule has 0 atom stereocenters. The van der Waals surface area contributed by atoms with Crippen LogP contribution in [0.4, 0.5) is 17.3 Å². The minimum absolute atomic E-state index is 0.0190. The Balaban J connectivity index is 1.95. The molecule has 1 aromatic heterocycles. The number of aryl methyl sites for hydroxylation is 1. The van der Waals surface area contributed by atoms with Crippen molar-refractivity contribution in [3.05, 3.63) is 35.7 Å². The van der Waals surface area contributed by atoms with Gasteiger partial charge in [-0.3, -0.25) is 4.79 Å². The largest absolute Gasteiger partial charge is 0.366 e. The number of likely N-dealkylation sites (tertiary alicyclic amines) is 1. The molecule has 1 fully saturated rings. The lowest BCUT2D eigenvalue weighted by Crippen LogP contribution is -2.37. The molecule has 0 saturated carbocycles. The number of carbonyl (C=O) groups is 1. The summed E-state index contributed by atoms with van der Waals surface area (Å²) in [7, 11) is -1.27. The first-order chi connectivity index (χ1) is 14.2. The fourth-order valence-electron chi connectivity index (χ4n) is 3.38. The molecule has 1 aromatic carbocycles. The van der Waals surface area contributed by atoms with Crippen LogP contribution in [0.3, 0.4) is 0 Å². The number of nitrogens with two attached hydrogens (primary N) is 1. The number of nitrogens with one attached hydrogen (secondary N) is 2. The van der Waals surface area contributed by atoms with Crippen molar-refractivity contribution in [2.75, 3.05) is 37.0 Å². The highest BCUT2D eigenvalue weighted by atomic mass is 32.2. The Labute approximate surface area is 177 Å². The van der Waals surface area contributed by atoms with Crippen LogP contribution in [0.2, 0.25) is 0 Å². The summed E-state index contributed by atoms with van der Waals surface area (Å²) in [5.74, 6) is 0.101. The van der Waals surface area contributed by atoms with Crippen molar-refractivity contribution >= 4 is 33.1 Å². The Hall–Kier alpha value is -2.72. The molecular formula is C20H28N6O3S. The first kappa shape index (κ1) is 22.0. The summed E-state index contributed by atoms with van der Waals surface area (Å²) < 4.78 is 23.7. The molecular weight excluding hydrogens is 404 g/mol. The Morgan fingerprint density at radius 3 is 2.53 bits per heavy atom. The molecule has 0 bridgehead atoms. The van der Waals surface area contributed by atoms with E-state index in [0.717, 1.165) is 32.2 Å². The molecule has 2 aromatic rings. The van der Waals surface area contributed by atoms with Crippen LogP contribution in [-0.4, -0.2) is 61.6 Å². The van der Waals surface area contributed by atoms with Gasteiger partial charge in [0.15, 0.2) is 27.2 Å². The number of primary amides is 1. The average Bonchev–Trinajstić information content (AvgIpc) is 2.69. The Kier molecular flexibility index (Phi) is 6.57. The molecule has 30 heavy (non-hydrogen) atoms. The smallest absolute Gasteiger partial charge is 0.271 e. The third-order valence-electron chi connectivity index (χ3n) is 5.12. The van der Waals surface area contributed by atoms with E-state index in [1.165, 1.54) is 12.1 Å². The zero-order valence-corrected chi connectivity index (χ0v) is 18.3. The molecule has 10 heteroatoms. The SMILES string of the molecule is CCc1nc(C(N)=O)c(Nc2cccc(S(C)(=O)=O)c2)nc1NC1CCN(C)CC1. The second-order valence-corrected chi connectivity index (χ2v) is 9.60. The van der Waals surface area contributed by atoms with E-state index in [2.05, 4.69) is 32.5 Å². The van der Waals surface area contributed by atoms with Gasteiger partial charge in [0.1, 0.15) is 0 Å². The topological polar surface area (TPSA) is 130 Å². The Morgan fingerprint density at radius 2 is 1.93 bits per heavy atom. The number of rotatable bonds is 7. The van der Waals surface area contributed by atoms with Crippen LogP contribution in [0, 0.1) is 0 Å². The number of anilines is 3. The van der Waals surface area contributed by atoms with Gasteiger partial charge in [0.2, 0.25) is 0 Å². The second-order valence-electron chi connectivity index (χ2n) is 7.58. The third kappa shape index (κ3) is 5.25. The molecule has 162 valence electrons. The van der Waals surface area contributed by atoms with Gasteiger partial charge in [-0.1, -0.05) is 13.0 Å². The maximum atomic E-state index is 12.0. The number of carbonyl (C=O) groups excluding carboxylic acids is 1. The van der Waals surface area contributed by atoms with E-state index in [9.17, 15) is 13.2 Å². The standard InChI is InChI=1S/C20H28N6O3S/c1-4-16-19(22-13-8-10-26(2)11-9-13)25-20(17(24-16)18(21)27)23-14-6-5-7-15(12-14)30(3,28)29/h5-7,12-13H,4,8-11H2,1-3H3,(H2,21,27)(H2,22,23,25). The van der Waals surface area contributed by atoms with E-state index in [-0.39, 0.29) is 22.4 Å². The van der Waals surface area contributed by atoms with E-state index in [0.29, 0.717) is 23.6 Å². The summed E-state index contributed by atoms with van der Waals surface area (Å²) in [5.41, 5.74) is 6.70. The quantitative estimate of drug-likeness (QED) is 0.604. The maximum Gasteiger partial charge on any atom is 0.271 e. The van der Waals surface area contributed by atoms with Gasteiger partial charge in [-0.15, -0.1) is 0 Å². The molecule has 0 aliphatic carbocycles. The number of amides is 1. The van der Waals surface area contributed by atoms with Gasteiger partial charge in [-0.25, -0.2) is 18.4 Å². The molecule has 0 unspecified atom stereocenters. The molecule has 0 radical (unpaired) electrons. The van der Waals surface area contributed by atoms with Gasteiger partial charge >= 0.3 is 0 Å². The van der Waals surface area contributed by atoms with E-state index in [4.69, 9.17) is 5.73 Å². The van der Waals surface area contributed by atoms with Gasteiger partial charge in [0, 0.05) is 18.0 Å². The van der Waals surface area contributed by atoms with E-state index < -0.39 is 15.7 Å². The predicted molar refractivity (Wildman–Crippen MR) is 117 cm³/mol. The van der Waals surface area contributed by atoms with Crippen molar-refractivity contribution in [3.63, 3.8) is 0 Å². The molecule has 1 amide bonds. The fraction of sp³-hybridized carbons (Fsp3) is 0.450. The van der Waals surface area contributed by atoms with Gasteiger partial charge in [0.05, 0.1) is 10.6 Å². The van der Waals surface area contributed by atoms with Crippen molar-refractivity contribution in [1.29, 1.82) is 0 Å². The number of hydrogen-bond donors (Lipinski definition) is 3. The molecule has 1 saturated heterocycles. The first-order valence-electron chi connectivity index (χ1n) is 9.90. The average molecular weight is 433 g/mol. The van der Waals surface area contributed by atoms with E-state index in [1.807, 2.05) is 6.92 Å². The summed E-state index contributed by atoms with van der Waals surface area (Å²) in [6.07, 6.45) is 3.70. The summed E-state index contributed by atoms with van der Waals surface area (Å²) >= 11 is 0.